The molecule has 108 valence electrons. The lowest BCUT2D eigenvalue weighted by molar-refractivity contribution is 0.628. The summed E-state index contributed by atoms with van der Waals surface area (Å²) in [5.41, 5.74) is 0. The molecular weight excluding hydrogens is 305 g/mol. The number of hydrogen-bond donors (Lipinski definition) is 0. The van der Waals surface area contributed by atoms with Gasteiger partial charge < -0.3 is 0 Å². The zero-order chi connectivity index (χ0) is 15.3. The Bertz CT molecular complexity index is 941. The molecule has 1 heterocycles. The largest absolute Gasteiger partial charge is 0.207 e. The van der Waals surface area contributed by atoms with Crippen molar-refractivity contribution < 1.29 is 13.2 Å². The first-order valence-electron chi connectivity index (χ1n) is 6.73. The van der Waals surface area contributed by atoms with Crippen LogP contribution in [-0.4, -0.2) is 0 Å². The third-order valence-corrected chi connectivity index (χ3v) is 6.00. The Morgan fingerprint density at radius 3 is 1.50 bits per heavy atom. The van der Waals surface area contributed by atoms with Crippen molar-refractivity contribution >= 4 is 30.6 Å². The summed E-state index contributed by atoms with van der Waals surface area (Å²) in [6, 6.07) is 15.4. The van der Waals surface area contributed by atoms with Gasteiger partial charge in [-0.2, -0.15) is 0 Å². The van der Waals surface area contributed by atoms with Crippen LogP contribution < -0.4 is 0 Å². The molecule has 0 unspecified atom stereocenters. The van der Waals surface area contributed by atoms with Gasteiger partial charge in [0.1, 0.15) is 17.5 Å². The van der Waals surface area contributed by atoms with Crippen LogP contribution in [0.1, 0.15) is 0 Å². The standard InChI is InChI=1S/C18H10F3S/c19-11-1-5-14(6-2-11)22-17-7-3-12(20)9-15(17)16-10-13(21)4-8-18(16)22/h1-10H/q+1. The number of hydrogen-bond acceptors (Lipinski definition) is 0. The van der Waals surface area contributed by atoms with Crippen molar-refractivity contribution in [1.82, 2.24) is 0 Å². The van der Waals surface area contributed by atoms with E-state index in [9.17, 15) is 13.2 Å². The highest BCUT2D eigenvalue weighted by molar-refractivity contribution is 7.50. The van der Waals surface area contributed by atoms with E-state index in [0.29, 0.717) is 10.8 Å². The average molecular weight is 315 g/mol. The lowest BCUT2D eigenvalue weighted by Gasteiger charge is -1.93. The van der Waals surface area contributed by atoms with Gasteiger partial charge >= 0.3 is 0 Å². The molecule has 0 bridgehead atoms. The van der Waals surface area contributed by atoms with E-state index in [1.54, 1.807) is 24.3 Å². The molecule has 0 aliphatic rings. The summed E-state index contributed by atoms with van der Waals surface area (Å²) in [5, 5.41) is 1.42. The van der Waals surface area contributed by atoms with E-state index in [-0.39, 0.29) is 17.5 Å². The first-order valence-corrected chi connectivity index (χ1v) is 7.95. The van der Waals surface area contributed by atoms with Crippen molar-refractivity contribution in [3.05, 3.63) is 78.1 Å². The van der Waals surface area contributed by atoms with Gasteiger partial charge in [-0.25, -0.2) is 13.2 Å². The molecule has 0 nitrogen and oxygen atoms in total. The number of fused-ring (bicyclic) bond motifs is 3. The van der Waals surface area contributed by atoms with E-state index in [1.807, 2.05) is 0 Å². The van der Waals surface area contributed by atoms with E-state index in [4.69, 9.17) is 0 Å². The lowest BCUT2D eigenvalue weighted by Crippen LogP contribution is -1.74. The van der Waals surface area contributed by atoms with Crippen LogP contribution >= 0.6 is 10.5 Å². The Hall–Kier alpha value is -2.33. The molecule has 3 aromatic carbocycles. The van der Waals surface area contributed by atoms with Crippen LogP contribution in [0.4, 0.5) is 13.2 Å². The summed E-state index contributed by atoms with van der Waals surface area (Å²) in [7, 11) is -0.465. The molecule has 0 atom stereocenters. The maximum Gasteiger partial charge on any atom is 0.187 e. The maximum absolute atomic E-state index is 13.6. The maximum atomic E-state index is 13.6. The molecule has 4 aromatic rings. The fourth-order valence-electron chi connectivity index (χ4n) is 2.72. The first kappa shape index (κ1) is 13.3. The quantitative estimate of drug-likeness (QED) is 0.370. The molecule has 0 radical (unpaired) electrons. The van der Waals surface area contributed by atoms with Gasteiger partial charge in [0, 0.05) is 34.7 Å². The predicted molar refractivity (Wildman–Crippen MR) is 85.1 cm³/mol. The highest BCUT2D eigenvalue weighted by atomic mass is 32.2. The fourth-order valence-corrected chi connectivity index (χ4v) is 5.06. The molecule has 0 amide bonds. The minimum atomic E-state index is -0.465. The second-order valence-electron chi connectivity index (χ2n) is 5.04. The Kier molecular flexibility index (Phi) is 2.94. The second kappa shape index (κ2) is 4.85. The van der Waals surface area contributed by atoms with Gasteiger partial charge in [0.05, 0.1) is 10.8 Å². The monoisotopic (exact) mass is 315 g/mol. The Labute approximate surface area is 127 Å². The molecule has 0 fully saturated rings. The van der Waals surface area contributed by atoms with Crippen molar-refractivity contribution in [3.63, 3.8) is 0 Å². The lowest BCUT2D eigenvalue weighted by atomic mass is 10.1. The summed E-state index contributed by atoms with van der Waals surface area (Å²) in [6.45, 7) is 0. The smallest absolute Gasteiger partial charge is 0.187 e. The minimum absolute atomic E-state index is 0.301. The van der Waals surface area contributed by atoms with E-state index in [1.165, 1.54) is 36.4 Å². The Balaban J connectivity index is 2.17. The van der Waals surface area contributed by atoms with E-state index in [0.717, 1.165) is 14.3 Å². The zero-order valence-corrected chi connectivity index (χ0v) is 12.1. The van der Waals surface area contributed by atoms with Crippen LogP contribution in [0.2, 0.25) is 0 Å². The van der Waals surface area contributed by atoms with Crippen LogP contribution in [0.5, 0.6) is 0 Å². The van der Waals surface area contributed by atoms with Crippen LogP contribution in [0.15, 0.2) is 60.7 Å². The van der Waals surface area contributed by atoms with Gasteiger partial charge in [0.15, 0.2) is 14.3 Å². The van der Waals surface area contributed by atoms with Crippen molar-refractivity contribution in [3.8, 4) is 4.90 Å². The summed E-state index contributed by atoms with van der Waals surface area (Å²) < 4.78 is 42.2. The summed E-state index contributed by atoms with van der Waals surface area (Å²) in [5.74, 6) is -0.998. The van der Waals surface area contributed by atoms with Crippen LogP contribution in [-0.2, 0) is 0 Å². The summed E-state index contributed by atoms with van der Waals surface area (Å²) >= 11 is 0. The molecule has 4 rings (SSSR count). The van der Waals surface area contributed by atoms with Crippen molar-refractivity contribution in [1.29, 1.82) is 0 Å². The number of halogens is 3. The number of thiophene rings is 1. The third kappa shape index (κ3) is 1.99. The fraction of sp³-hybridized carbons (Fsp3) is 0. The highest BCUT2D eigenvalue weighted by Gasteiger charge is 2.24. The molecular formula is C18H10F3S+. The van der Waals surface area contributed by atoms with Crippen LogP contribution in [0, 0.1) is 17.5 Å². The van der Waals surface area contributed by atoms with Crippen molar-refractivity contribution in [2.75, 3.05) is 0 Å². The number of rotatable bonds is 1. The molecule has 0 N–H and O–H groups in total. The molecule has 1 aromatic heterocycles. The normalized spacial score (nSPS) is 11.4. The molecule has 0 spiro atoms. The molecule has 0 saturated heterocycles. The van der Waals surface area contributed by atoms with Gasteiger partial charge in [-0.1, -0.05) is 0 Å². The Morgan fingerprint density at radius 2 is 1.00 bits per heavy atom. The highest BCUT2D eigenvalue weighted by Crippen LogP contribution is 2.48. The summed E-state index contributed by atoms with van der Waals surface area (Å²) in [4.78, 5) is 0.930. The van der Waals surface area contributed by atoms with Crippen molar-refractivity contribution in [2.24, 2.45) is 0 Å². The number of benzene rings is 3. The van der Waals surface area contributed by atoms with Gasteiger partial charge in [-0.15, -0.1) is 0 Å². The predicted octanol–water partition coefficient (Wildman–Crippen LogP) is 6.15. The second-order valence-corrected chi connectivity index (χ2v) is 7.00. The topological polar surface area (TPSA) is 0 Å². The van der Waals surface area contributed by atoms with Crippen molar-refractivity contribution in [2.45, 2.75) is 0 Å². The zero-order valence-electron chi connectivity index (χ0n) is 11.3. The van der Waals surface area contributed by atoms with Crippen LogP contribution in [0.3, 0.4) is 0 Å². The van der Waals surface area contributed by atoms with Crippen LogP contribution in [0.25, 0.3) is 25.1 Å². The molecule has 0 aliphatic carbocycles. The van der Waals surface area contributed by atoms with E-state index < -0.39 is 10.5 Å². The van der Waals surface area contributed by atoms with Gasteiger partial charge in [0.2, 0.25) is 0 Å². The molecule has 4 heteroatoms. The first-order chi connectivity index (χ1) is 10.6. The SMILES string of the molecule is Fc1ccc(-[s+]2c3ccc(F)cc3c3cc(F)ccc32)cc1. The summed E-state index contributed by atoms with van der Waals surface area (Å²) in [6.07, 6.45) is 0. The molecule has 22 heavy (non-hydrogen) atoms. The third-order valence-electron chi connectivity index (χ3n) is 3.66. The Morgan fingerprint density at radius 1 is 0.545 bits per heavy atom. The average Bonchev–Trinajstić information content (AvgIpc) is 2.81. The van der Waals surface area contributed by atoms with Gasteiger partial charge in [0.25, 0.3) is 0 Å². The minimum Gasteiger partial charge on any atom is -0.207 e. The van der Waals surface area contributed by atoms with Gasteiger partial charge in [-0.05, 0) is 36.4 Å². The molecule has 0 saturated carbocycles. The molecule has 0 aliphatic heterocycles. The van der Waals surface area contributed by atoms with E-state index >= 15 is 0 Å². The van der Waals surface area contributed by atoms with E-state index in [2.05, 4.69) is 0 Å². The van der Waals surface area contributed by atoms with Gasteiger partial charge in [-0.3, -0.25) is 0 Å².